The van der Waals surface area contributed by atoms with Crippen LogP contribution in [0.3, 0.4) is 0 Å². The maximum atomic E-state index is 11.7. The fourth-order valence-corrected chi connectivity index (χ4v) is 3.82. The van der Waals surface area contributed by atoms with Gasteiger partial charge in [0.15, 0.2) is 0 Å². The van der Waals surface area contributed by atoms with Crippen LogP contribution < -0.4 is 0 Å². The minimum absolute atomic E-state index is 0.00943. The Kier molecular flexibility index (Phi) is 3.86. The molecular formula is C18H23N5O2. The Labute approximate surface area is 146 Å². The second-order valence-corrected chi connectivity index (χ2v) is 6.97. The van der Waals surface area contributed by atoms with Crippen molar-refractivity contribution in [3.63, 3.8) is 0 Å². The van der Waals surface area contributed by atoms with Crippen molar-refractivity contribution in [1.82, 2.24) is 24.4 Å². The summed E-state index contributed by atoms with van der Waals surface area (Å²) >= 11 is 0. The lowest BCUT2D eigenvalue weighted by Gasteiger charge is -2.30. The van der Waals surface area contributed by atoms with Crippen LogP contribution >= 0.6 is 0 Å². The molecule has 1 aliphatic carbocycles. The molecule has 0 atom stereocenters. The number of aromatic amines is 1. The molecule has 1 N–H and O–H groups in total. The van der Waals surface area contributed by atoms with Crippen LogP contribution in [-0.2, 0) is 4.74 Å². The average molecular weight is 341 g/mol. The van der Waals surface area contributed by atoms with Gasteiger partial charge in [0.25, 0.3) is 0 Å². The van der Waals surface area contributed by atoms with Crippen LogP contribution in [0.2, 0.25) is 0 Å². The summed E-state index contributed by atoms with van der Waals surface area (Å²) in [6.07, 6.45) is 7.22. The number of aryl methyl sites for hydroxylation is 1. The molecule has 0 unspecified atom stereocenters. The van der Waals surface area contributed by atoms with Gasteiger partial charge in [0.2, 0.25) is 0 Å². The van der Waals surface area contributed by atoms with Gasteiger partial charge < -0.3 is 19.2 Å². The van der Waals surface area contributed by atoms with Gasteiger partial charge in [-0.3, -0.25) is 0 Å². The Morgan fingerprint density at radius 3 is 2.80 bits per heavy atom. The number of amides is 1. The van der Waals surface area contributed by atoms with Crippen LogP contribution in [0.15, 0.2) is 18.5 Å². The number of aromatic nitrogens is 4. The number of pyridine rings is 1. The van der Waals surface area contributed by atoms with E-state index in [-0.39, 0.29) is 12.2 Å². The molecule has 3 heterocycles. The molecule has 132 valence electrons. The third kappa shape index (κ3) is 2.73. The van der Waals surface area contributed by atoms with Gasteiger partial charge in [-0.2, -0.15) is 0 Å². The van der Waals surface area contributed by atoms with Gasteiger partial charge in [0.05, 0.1) is 11.7 Å². The molecule has 3 aromatic heterocycles. The minimum atomic E-state index is -0.257. The van der Waals surface area contributed by atoms with Crippen molar-refractivity contribution in [2.45, 2.75) is 44.8 Å². The number of carbonyl (C=O) groups is 1. The summed E-state index contributed by atoms with van der Waals surface area (Å²) in [6.45, 7) is 2.05. The first-order chi connectivity index (χ1) is 12.0. The second-order valence-electron chi connectivity index (χ2n) is 6.97. The largest absolute Gasteiger partial charge is 0.446 e. The van der Waals surface area contributed by atoms with E-state index in [1.807, 2.05) is 12.4 Å². The molecular weight excluding hydrogens is 318 g/mol. The van der Waals surface area contributed by atoms with Crippen molar-refractivity contribution in [3.8, 4) is 0 Å². The van der Waals surface area contributed by atoms with E-state index in [1.165, 1.54) is 4.90 Å². The fraction of sp³-hybridized carbons (Fsp3) is 0.500. The lowest BCUT2D eigenvalue weighted by molar-refractivity contribution is 0.0480. The Morgan fingerprint density at radius 2 is 2.08 bits per heavy atom. The van der Waals surface area contributed by atoms with Gasteiger partial charge in [0, 0.05) is 31.7 Å². The van der Waals surface area contributed by atoms with Gasteiger partial charge >= 0.3 is 6.09 Å². The number of hydrogen-bond donors (Lipinski definition) is 1. The number of H-pyrrole nitrogens is 1. The van der Waals surface area contributed by atoms with Crippen LogP contribution in [0.25, 0.3) is 22.1 Å². The van der Waals surface area contributed by atoms with Crippen LogP contribution in [0.1, 0.15) is 37.5 Å². The summed E-state index contributed by atoms with van der Waals surface area (Å²) in [7, 11) is 3.43. The highest BCUT2D eigenvalue weighted by Crippen LogP contribution is 2.35. The SMILES string of the molecule is Cc1nc2cnc3[nH]ccc3c2n1[C@H]1CC[C@H](OC(=O)N(C)C)CC1. The number of hydrogen-bond acceptors (Lipinski definition) is 4. The average Bonchev–Trinajstić information content (AvgIpc) is 3.18. The van der Waals surface area contributed by atoms with Crippen molar-refractivity contribution in [3.05, 3.63) is 24.3 Å². The van der Waals surface area contributed by atoms with Crippen LogP contribution in [0, 0.1) is 6.92 Å². The number of nitrogens with one attached hydrogen (secondary N) is 1. The van der Waals surface area contributed by atoms with Gasteiger partial charge in [-0.1, -0.05) is 0 Å². The van der Waals surface area contributed by atoms with Gasteiger partial charge in [-0.15, -0.1) is 0 Å². The first-order valence-corrected chi connectivity index (χ1v) is 8.73. The molecule has 0 radical (unpaired) electrons. The first-order valence-electron chi connectivity index (χ1n) is 8.73. The van der Waals surface area contributed by atoms with Gasteiger partial charge in [0.1, 0.15) is 23.1 Å². The van der Waals surface area contributed by atoms with Crippen molar-refractivity contribution in [2.24, 2.45) is 0 Å². The Balaban J connectivity index is 1.60. The van der Waals surface area contributed by atoms with E-state index < -0.39 is 0 Å². The zero-order valence-electron chi connectivity index (χ0n) is 14.8. The maximum Gasteiger partial charge on any atom is 0.409 e. The summed E-state index contributed by atoms with van der Waals surface area (Å²) in [6, 6.07) is 2.44. The highest BCUT2D eigenvalue weighted by molar-refractivity contribution is 6.01. The molecule has 0 saturated heterocycles. The number of imidazole rings is 1. The molecule has 0 aliphatic heterocycles. The quantitative estimate of drug-likeness (QED) is 0.775. The van der Waals surface area contributed by atoms with Crippen LogP contribution in [-0.4, -0.2) is 50.7 Å². The molecule has 3 aromatic rings. The number of carbonyl (C=O) groups excluding carboxylic acids is 1. The fourth-order valence-electron chi connectivity index (χ4n) is 3.82. The van der Waals surface area contributed by atoms with Crippen molar-refractivity contribution in [2.75, 3.05) is 14.1 Å². The molecule has 0 spiro atoms. The topological polar surface area (TPSA) is 76.0 Å². The first kappa shape index (κ1) is 15.9. The molecule has 0 aromatic carbocycles. The molecule has 7 nitrogen and oxygen atoms in total. The summed E-state index contributed by atoms with van der Waals surface area (Å²) < 4.78 is 7.89. The molecule has 1 amide bonds. The molecule has 1 fully saturated rings. The number of ether oxygens (including phenoxy) is 1. The number of fused-ring (bicyclic) bond motifs is 3. The van der Waals surface area contributed by atoms with E-state index in [0.29, 0.717) is 6.04 Å². The normalized spacial score (nSPS) is 20.9. The maximum absolute atomic E-state index is 11.7. The predicted octanol–water partition coefficient (Wildman–Crippen LogP) is 3.40. The molecule has 0 bridgehead atoms. The predicted molar refractivity (Wildman–Crippen MR) is 95.6 cm³/mol. The van der Waals surface area contributed by atoms with E-state index >= 15 is 0 Å². The molecule has 25 heavy (non-hydrogen) atoms. The summed E-state index contributed by atoms with van der Waals surface area (Å²) in [5.41, 5.74) is 2.98. The molecule has 7 heteroatoms. The monoisotopic (exact) mass is 341 g/mol. The number of rotatable bonds is 2. The summed E-state index contributed by atoms with van der Waals surface area (Å²) in [5.74, 6) is 1.01. The lowest BCUT2D eigenvalue weighted by atomic mass is 9.92. The summed E-state index contributed by atoms with van der Waals surface area (Å²) in [4.78, 5) is 25.5. The van der Waals surface area contributed by atoms with Crippen molar-refractivity contribution in [1.29, 1.82) is 0 Å². The zero-order valence-corrected chi connectivity index (χ0v) is 14.8. The van der Waals surface area contributed by atoms with Crippen molar-refractivity contribution < 1.29 is 9.53 Å². The van der Waals surface area contributed by atoms with Gasteiger partial charge in [-0.25, -0.2) is 14.8 Å². The zero-order chi connectivity index (χ0) is 17.6. The third-order valence-corrected chi connectivity index (χ3v) is 5.05. The van der Waals surface area contributed by atoms with E-state index in [1.54, 1.807) is 14.1 Å². The molecule has 4 rings (SSSR count). The van der Waals surface area contributed by atoms with E-state index in [2.05, 4.69) is 27.5 Å². The van der Waals surface area contributed by atoms with Crippen LogP contribution in [0.5, 0.6) is 0 Å². The molecule has 1 saturated carbocycles. The second kappa shape index (κ2) is 6.06. The van der Waals surface area contributed by atoms with E-state index in [4.69, 9.17) is 9.72 Å². The Bertz CT molecular complexity index is 918. The third-order valence-electron chi connectivity index (χ3n) is 5.05. The Hall–Kier alpha value is -2.57. The standard InChI is InChI=1S/C18H23N5O2/c1-11-21-15-10-20-17-14(8-9-19-17)16(15)23(11)12-4-6-13(7-5-12)25-18(24)22(2)3/h8-10,12-13H,4-7H2,1-3H3,(H,19,20)/t12-,13-. The molecule has 1 aliphatic rings. The number of nitrogens with zero attached hydrogens (tertiary/aromatic N) is 4. The minimum Gasteiger partial charge on any atom is -0.446 e. The van der Waals surface area contributed by atoms with Crippen LogP contribution in [0.4, 0.5) is 4.79 Å². The van der Waals surface area contributed by atoms with Crippen molar-refractivity contribution >= 4 is 28.2 Å². The highest BCUT2D eigenvalue weighted by atomic mass is 16.6. The Morgan fingerprint density at radius 1 is 1.32 bits per heavy atom. The smallest absolute Gasteiger partial charge is 0.409 e. The van der Waals surface area contributed by atoms with Gasteiger partial charge in [-0.05, 0) is 38.7 Å². The lowest BCUT2D eigenvalue weighted by Crippen LogP contribution is -2.31. The summed E-state index contributed by atoms with van der Waals surface area (Å²) in [5, 5.41) is 1.11. The highest BCUT2D eigenvalue weighted by Gasteiger charge is 2.28. The van der Waals surface area contributed by atoms with E-state index in [9.17, 15) is 4.79 Å². The van der Waals surface area contributed by atoms with E-state index in [0.717, 1.165) is 53.6 Å².